The molecule has 0 saturated heterocycles. The summed E-state index contributed by atoms with van der Waals surface area (Å²) >= 11 is 3.32. The second-order valence-corrected chi connectivity index (χ2v) is 4.16. The van der Waals surface area contributed by atoms with Crippen molar-refractivity contribution < 1.29 is 10.2 Å². The number of nitrogens with two attached hydrogens (primary N) is 1. The molecule has 4 heteroatoms. The summed E-state index contributed by atoms with van der Waals surface area (Å²) in [6.07, 6.45) is -0.248. The summed E-state index contributed by atoms with van der Waals surface area (Å²) in [7, 11) is 0. The Balaban J connectivity index is 2.64. The van der Waals surface area contributed by atoms with Crippen molar-refractivity contribution in [2.75, 3.05) is 6.61 Å². The van der Waals surface area contributed by atoms with Gasteiger partial charge in [-0.2, -0.15) is 0 Å². The third-order valence-electron chi connectivity index (χ3n) is 1.99. The van der Waals surface area contributed by atoms with E-state index in [1.54, 1.807) is 0 Å². The minimum Gasteiger partial charge on any atom is -0.395 e. The van der Waals surface area contributed by atoms with Gasteiger partial charge in [0.25, 0.3) is 0 Å². The van der Waals surface area contributed by atoms with Crippen LogP contribution in [0, 0.1) is 0 Å². The van der Waals surface area contributed by atoms with Gasteiger partial charge in [-0.15, -0.1) is 0 Å². The first-order valence-corrected chi connectivity index (χ1v) is 5.22. The fraction of sp³-hybridized carbons (Fsp3) is 0.400. The van der Waals surface area contributed by atoms with Crippen LogP contribution in [-0.2, 0) is 0 Å². The second kappa shape index (κ2) is 5.46. The van der Waals surface area contributed by atoms with E-state index < -0.39 is 6.10 Å². The minimum atomic E-state index is -0.616. The molecule has 4 N–H and O–H groups in total. The van der Waals surface area contributed by atoms with Gasteiger partial charge in [0.1, 0.15) is 0 Å². The van der Waals surface area contributed by atoms with Crippen LogP contribution in [0.2, 0.25) is 0 Å². The van der Waals surface area contributed by atoms with Crippen LogP contribution in [0.4, 0.5) is 0 Å². The summed E-state index contributed by atoms with van der Waals surface area (Å²) in [4.78, 5) is 0. The van der Waals surface area contributed by atoms with Crippen LogP contribution in [-0.4, -0.2) is 22.9 Å². The Morgan fingerprint density at radius 2 is 2.14 bits per heavy atom. The Morgan fingerprint density at radius 3 is 2.71 bits per heavy atom. The number of benzene rings is 1. The summed E-state index contributed by atoms with van der Waals surface area (Å²) in [6, 6.07) is 7.05. The van der Waals surface area contributed by atoms with Crippen molar-refractivity contribution in [3.63, 3.8) is 0 Å². The lowest BCUT2D eigenvalue weighted by Gasteiger charge is -2.14. The molecule has 0 amide bonds. The SMILES string of the molecule is N[C@H](CO)C[C@H](O)c1cccc(Br)c1. The topological polar surface area (TPSA) is 66.5 Å². The zero-order chi connectivity index (χ0) is 10.6. The van der Waals surface area contributed by atoms with Crippen molar-refractivity contribution in [1.29, 1.82) is 0 Å². The highest BCUT2D eigenvalue weighted by molar-refractivity contribution is 9.10. The first-order valence-electron chi connectivity index (χ1n) is 4.43. The van der Waals surface area contributed by atoms with E-state index in [1.165, 1.54) is 0 Å². The van der Waals surface area contributed by atoms with E-state index in [0.717, 1.165) is 10.0 Å². The molecule has 0 heterocycles. The first-order chi connectivity index (χ1) is 6.63. The molecule has 0 saturated carbocycles. The van der Waals surface area contributed by atoms with Crippen molar-refractivity contribution in [3.05, 3.63) is 34.3 Å². The molecule has 0 aliphatic carbocycles. The molecule has 0 aliphatic heterocycles. The number of hydrogen-bond donors (Lipinski definition) is 3. The lowest BCUT2D eigenvalue weighted by molar-refractivity contribution is 0.140. The van der Waals surface area contributed by atoms with Crippen molar-refractivity contribution in [3.8, 4) is 0 Å². The van der Waals surface area contributed by atoms with Crippen molar-refractivity contribution in [2.45, 2.75) is 18.6 Å². The highest BCUT2D eigenvalue weighted by atomic mass is 79.9. The molecule has 3 nitrogen and oxygen atoms in total. The summed E-state index contributed by atoms with van der Waals surface area (Å²) < 4.78 is 0.923. The largest absolute Gasteiger partial charge is 0.395 e. The fourth-order valence-electron chi connectivity index (χ4n) is 1.21. The van der Waals surface area contributed by atoms with Gasteiger partial charge in [-0.1, -0.05) is 28.1 Å². The number of halogens is 1. The van der Waals surface area contributed by atoms with Gasteiger partial charge in [-0.3, -0.25) is 0 Å². The number of aliphatic hydroxyl groups is 2. The maximum atomic E-state index is 9.73. The third kappa shape index (κ3) is 3.38. The molecule has 14 heavy (non-hydrogen) atoms. The van der Waals surface area contributed by atoms with E-state index >= 15 is 0 Å². The van der Waals surface area contributed by atoms with E-state index in [4.69, 9.17) is 10.8 Å². The van der Waals surface area contributed by atoms with Crippen LogP contribution < -0.4 is 5.73 Å². The second-order valence-electron chi connectivity index (χ2n) is 3.25. The molecule has 1 aromatic carbocycles. The molecule has 0 unspecified atom stereocenters. The van der Waals surface area contributed by atoms with Gasteiger partial charge >= 0.3 is 0 Å². The number of hydrogen-bond acceptors (Lipinski definition) is 3. The molecule has 2 atom stereocenters. The van der Waals surface area contributed by atoms with E-state index in [2.05, 4.69) is 15.9 Å². The molecule has 0 fully saturated rings. The summed E-state index contributed by atoms with van der Waals surface area (Å²) in [6.45, 7) is -0.106. The van der Waals surface area contributed by atoms with E-state index in [9.17, 15) is 5.11 Å². The normalized spacial score (nSPS) is 15.1. The van der Waals surface area contributed by atoms with Crippen LogP contribution in [0.1, 0.15) is 18.1 Å². The zero-order valence-corrected chi connectivity index (χ0v) is 9.31. The number of rotatable bonds is 4. The van der Waals surface area contributed by atoms with Gasteiger partial charge in [0.2, 0.25) is 0 Å². The summed E-state index contributed by atoms with van der Waals surface area (Å²) in [5.74, 6) is 0. The smallest absolute Gasteiger partial charge is 0.0806 e. The van der Waals surface area contributed by atoms with Crippen LogP contribution in [0.5, 0.6) is 0 Å². The summed E-state index contributed by atoms with van der Waals surface area (Å²) in [5.41, 5.74) is 6.34. The molecular weight excluding hydrogens is 246 g/mol. The zero-order valence-electron chi connectivity index (χ0n) is 7.73. The number of aliphatic hydroxyl groups excluding tert-OH is 2. The molecule has 0 radical (unpaired) electrons. The summed E-state index contributed by atoms with van der Waals surface area (Å²) in [5, 5.41) is 18.5. The maximum Gasteiger partial charge on any atom is 0.0806 e. The van der Waals surface area contributed by atoms with Gasteiger partial charge in [-0.05, 0) is 24.1 Å². The quantitative estimate of drug-likeness (QED) is 0.761. The lowest BCUT2D eigenvalue weighted by atomic mass is 10.0. The Morgan fingerprint density at radius 1 is 1.43 bits per heavy atom. The van der Waals surface area contributed by atoms with Gasteiger partial charge in [0.15, 0.2) is 0 Å². The van der Waals surface area contributed by atoms with E-state index in [-0.39, 0.29) is 12.6 Å². The fourth-order valence-corrected chi connectivity index (χ4v) is 1.63. The third-order valence-corrected chi connectivity index (χ3v) is 2.49. The average molecular weight is 260 g/mol. The Hall–Kier alpha value is -0.420. The molecule has 0 aliphatic rings. The maximum absolute atomic E-state index is 9.73. The van der Waals surface area contributed by atoms with Crippen molar-refractivity contribution in [1.82, 2.24) is 0 Å². The molecular formula is C10H14BrNO2. The Labute approximate surface area is 91.7 Å². The molecule has 0 spiro atoms. The van der Waals surface area contributed by atoms with Crippen LogP contribution in [0.3, 0.4) is 0 Å². The van der Waals surface area contributed by atoms with Gasteiger partial charge in [0.05, 0.1) is 12.7 Å². The first kappa shape index (κ1) is 11.7. The van der Waals surface area contributed by atoms with Crippen molar-refractivity contribution in [2.24, 2.45) is 5.73 Å². The average Bonchev–Trinajstić information content (AvgIpc) is 2.17. The molecule has 0 bridgehead atoms. The van der Waals surface area contributed by atoms with Crippen LogP contribution >= 0.6 is 15.9 Å². The van der Waals surface area contributed by atoms with Gasteiger partial charge < -0.3 is 15.9 Å². The minimum absolute atomic E-state index is 0.106. The monoisotopic (exact) mass is 259 g/mol. The predicted molar refractivity (Wildman–Crippen MR) is 58.8 cm³/mol. The lowest BCUT2D eigenvalue weighted by Crippen LogP contribution is -2.26. The van der Waals surface area contributed by atoms with Gasteiger partial charge in [-0.25, -0.2) is 0 Å². The standard InChI is InChI=1S/C10H14BrNO2/c11-8-3-1-2-7(4-8)10(14)5-9(12)6-13/h1-4,9-10,13-14H,5-6,12H2/t9-,10-/m0/s1. The van der Waals surface area contributed by atoms with Crippen LogP contribution in [0.25, 0.3) is 0 Å². The molecule has 0 aromatic heterocycles. The molecule has 78 valence electrons. The van der Waals surface area contributed by atoms with Crippen molar-refractivity contribution >= 4 is 15.9 Å². The van der Waals surface area contributed by atoms with E-state index in [1.807, 2.05) is 24.3 Å². The predicted octanol–water partition coefficient (Wildman–Crippen LogP) is 1.19. The van der Waals surface area contributed by atoms with Gasteiger partial charge in [0, 0.05) is 10.5 Å². The Bertz CT molecular complexity index is 293. The highest BCUT2D eigenvalue weighted by Gasteiger charge is 2.11. The van der Waals surface area contributed by atoms with Crippen LogP contribution in [0.15, 0.2) is 28.7 Å². The highest BCUT2D eigenvalue weighted by Crippen LogP contribution is 2.21. The molecule has 1 rings (SSSR count). The molecule has 1 aromatic rings. The Kier molecular flexibility index (Phi) is 4.54. The van der Waals surface area contributed by atoms with E-state index in [0.29, 0.717) is 6.42 Å².